The van der Waals surface area contributed by atoms with Crippen LogP contribution in [0.3, 0.4) is 0 Å². The Morgan fingerprint density at radius 3 is 1.24 bits per heavy atom. The highest BCUT2D eigenvalue weighted by molar-refractivity contribution is 5.97. The van der Waals surface area contributed by atoms with E-state index in [-0.39, 0.29) is 0 Å². The van der Waals surface area contributed by atoms with Crippen LogP contribution in [0.4, 0.5) is 0 Å². The second-order valence-corrected chi connectivity index (χ2v) is 16.6. The molecule has 2 aromatic heterocycles. The van der Waals surface area contributed by atoms with E-state index in [1.165, 1.54) is 77.9 Å². The number of hydrogen-bond donors (Lipinski definition) is 0. The third kappa shape index (κ3) is 8.48. The van der Waals surface area contributed by atoms with E-state index in [1.54, 1.807) is 0 Å². The lowest BCUT2D eigenvalue weighted by molar-refractivity contribution is 0.648. The molecule has 0 aliphatic heterocycles. The minimum atomic E-state index is 0.477. The zero-order chi connectivity index (χ0) is 40.2. The summed E-state index contributed by atoms with van der Waals surface area (Å²) < 4.78 is 0. The zero-order valence-electron chi connectivity index (χ0n) is 34.6. The molecular formula is C56H52N2. The number of rotatable bonds is 11. The summed E-state index contributed by atoms with van der Waals surface area (Å²) >= 11 is 0. The number of aryl methyl sites for hydroxylation is 2. The molecule has 8 rings (SSSR count). The van der Waals surface area contributed by atoms with Gasteiger partial charge in [0, 0.05) is 23.5 Å². The lowest BCUT2D eigenvalue weighted by Crippen LogP contribution is -2.02. The number of benzene rings is 6. The predicted molar refractivity (Wildman–Crippen MR) is 247 cm³/mol. The smallest absolute Gasteiger partial charge is 0.0708 e. The maximum atomic E-state index is 4.87. The summed E-state index contributed by atoms with van der Waals surface area (Å²) in [5.74, 6) is 0.953. The lowest BCUT2D eigenvalue weighted by Gasteiger charge is -2.22. The summed E-state index contributed by atoms with van der Waals surface area (Å²) in [5, 5.41) is 0. The van der Waals surface area contributed by atoms with Crippen molar-refractivity contribution in [2.45, 2.75) is 54.4 Å². The van der Waals surface area contributed by atoms with Crippen LogP contribution in [0.2, 0.25) is 0 Å². The van der Waals surface area contributed by atoms with E-state index in [1.807, 2.05) is 12.4 Å². The van der Waals surface area contributed by atoms with Gasteiger partial charge in [0.15, 0.2) is 0 Å². The molecule has 0 amide bonds. The highest BCUT2D eigenvalue weighted by atomic mass is 14.7. The quantitative estimate of drug-likeness (QED) is 0.131. The second-order valence-electron chi connectivity index (χ2n) is 16.6. The lowest BCUT2D eigenvalue weighted by atomic mass is 9.81. The van der Waals surface area contributed by atoms with Crippen LogP contribution in [0.25, 0.3) is 78.1 Å². The van der Waals surface area contributed by atoms with Crippen LogP contribution in [0.15, 0.2) is 170 Å². The van der Waals surface area contributed by atoms with Gasteiger partial charge in [-0.25, -0.2) is 0 Å². The Morgan fingerprint density at radius 2 is 0.810 bits per heavy atom. The average molecular weight is 753 g/mol. The van der Waals surface area contributed by atoms with E-state index >= 15 is 0 Å². The number of hydrogen-bond acceptors (Lipinski definition) is 2. The van der Waals surface area contributed by atoms with Gasteiger partial charge in [0.25, 0.3) is 0 Å². The Bertz CT molecular complexity index is 2510. The molecule has 0 saturated carbocycles. The fourth-order valence-corrected chi connectivity index (χ4v) is 8.48. The van der Waals surface area contributed by atoms with Crippen molar-refractivity contribution in [3.63, 3.8) is 0 Å². The standard InChI is InChI=1S/C56H52N2/c1-37(2)28-47-33-45(54-35-43(24-26-57-54)41-14-9-7-10-15-41)20-22-50(47)52-18-13-19-53(56(52)49-31-39(5)30-40(6)32-49)51-23-21-46(34-48(51)29-38(3)4)55-36-44(25-27-58-55)42-16-11-8-12-17-42/h7-27,30-38H,28-29H2,1-6H3. The summed E-state index contributed by atoms with van der Waals surface area (Å²) in [7, 11) is 0. The molecule has 0 spiro atoms. The minimum absolute atomic E-state index is 0.477. The third-order valence-electron chi connectivity index (χ3n) is 10.9. The third-order valence-corrected chi connectivity index (χ3v) is 10.9. The van der Waals surface area contributed by atoms with Crippen LogP contribution in [-0.2, 0) is 12.8 Å². The first-order valence-corrected chi connectivity index (χ1v) is 20.7. The topological polar surface area (TPSA) is 25.8 Å². The van der Waals surface area contributed by atoms with Crippen molar-refractivity contribution < 1.29 is 0 Å². The van der Waals surface area contributed by atoms with Gasteiger partial charge in [0.05, 0.1) is 11.4 Å². The van der Waals surface area contributed by atoms with Crippen LogP contribution in [0.1, 0.15) is 49.9 Å². The van der Waals surface area contributed by atoms with E-state index in [0.717, 1.165) is 35.4 Å². The van der Waals surface area contributed by atoms with Crippen molar-refractivity contribution in [2.24, 2.45) is 11.8 Å². The van der Waals surface area contributed by atoms with Crippen LogP contribution >= 0.6 is 0 Å². The van der Waals surface area contributed by atoms with E-state index < -0.39 is 0 Å². The highest BCUT2D eigenvalue weighted by Crippen LogP contribution is 2.45. The van der Waals surface area contributed by atoms with Gasteiger partial charge in [-0.1, -0.05) is 160 Å². The van der Waals surface area contributed by atoms with E-state index in [2.05, 4.69) is 199 Å². The molecule has 0 atom stereocenters. The van der Waals surface area contributed by atoms with Crippen molar-refractivity contribution in [3.05, 3.63) is 192 Å². The summed E-state index contributed by atoms with van der Waals surface area (Å²) in [6.07, 6.45) is 5.79. The summed E-state index contributed by atoms with van der Waals surface area (Å²) in [4.78, 5) is 9.75. The van der Waals surface area contributed by atoms with Gasteiger partial charge in [0.1, 0.15) is 0 Å². The van der Waals surface area contributed by atoms with Crippen molar-refractivity contribution in [1.29, 1.82) is 0 Å². The Labute approximate surface area is 345 Å². The molecule has 2 nitrogen and oxygen atoms in total. The molecule has 2 heteroatoms. The largest absolute Gasteiger partial charge is 0.256 e. The molecular weight excluding hydrogens is 701 g/mol. The van der Waals surface area contributed by atoms with Gasteiger partial charge in [-0.3, -0.25) is 9.97 Å². The molecule has 0 N–H and O–H groups in total. The monoisotopic (exact) mass is 752 g/mol. The Kier molecular flexibility index (Phi) is 11.3. The Morgan fingerprint density at radius 1 is 0.362 bits per heavy atom. The predicted octanol–water partition coefficient (Wildman–Crippen LogP) is 15.2. The maximum Gasteiger partial charge on any atom is 0.0708 e. The molecule has 0 saturated heterocycles. The van der Waals surface area contributed by atoms with E-state index in [4.69, 9.17) is 9.97 Å². The van der Waals surface area contributed by atoms with Crippen LogP contribution in [0, 0.1) is 25.7 Å². The molecule has 58 heavy (non-hydrogen) atoms. The average Bonchev–Trinajstić information content (AvgIpc) is 3.23. The SMILES string of the molecule is Cc1cc(C)cc(-c2c(-c3ccc(-c4cc(-c5ccccc5)ccn4)cc3CC(C)C)cccc2-c2ccc(-c3cc(-c4ccccc4)ccn3)cc2CC(C)C)c1. The molecule has 0 radical (unpaired) electrons. The van der Waals surface area contributed by atoms with Gasteiger partial charge in [0.2, 0.25) is 0 Å². The summed E-state index contributed by atoms with van der Waals surface area (Å²) in [6.45, 7) is 13.7. The number of nitrogens with zero attached hydrogens (tertiary/aromatic N) is 2. The maximum absolute atomic E-state index is 4.87. The Hall–Kier alpha value is -6.38. The van der Waals surface area contributed by atoms with Crippen LogP contribution < -0.4 is 0 Å². The second kappa shape index (κ2) is 17.0. The van der Waals surface area contributed by atoms with Gasteiger partial charge >= 0.3 is 0 Å². The van der Waals surface area contributed by atoms with Gasteiger partial charge < -0.3 is 0 Å². The Balaban J connectivity index is 1.30. The van der Waals surface area contributed by atoms with Gasteiger partial charge in [-0.05, 0) is 142 Å². The molecule has 0 bridgehead atoms. The first kappa shape index (κ1) is 38.5. The molecule has 8 aromatic rings. The first-order valence-electron chi connectivity index (χ1n) is 20.7. The van der Waals surface area contributed by atoms with E-state index in [0.29, 0.717) is 11.8 Å². The fraction of sp³-hybridized carbons (Fsp3) is 0.179. The summed E-state index contributed by atoms with van der Waals surface area (Å²) in [6, 6.07) is 57.7. The molecule has 0 aliphatic rings. The van der Waals surface area contributed by atoms with E-state index in [9.17, 15) is 0 Å². The van der Waals surface area contributed by atoms with Gasteiger partial charge in [-0.2, -0.15) is 0 Å². The van der Waals surface area contributed by atoms with Crippen molar-refractivity contribution in [1.82, 2.24) is 9.97 Å². The molecule has 0 fully saturated rings. The van der Waals surface area contributed by atoms with Crippen molar-refractivity contribution >= 4 is 0 Å². The fourth-order valence-electron chi connectivity index (χ4n) is 8.48. The zero-order valence-corrected chi connectivity index (χ0v) is 34.6. The minimum Gasteiger partial charge on any atom is -0.256 e. The molecule has 286 valence electrons. The first-order chi connectivity index (χ1) is 28.2. The van der Waals surface area contributed by atoms with Crippen molar-refractivity contribution in [2.75, 3.05) is 0 Å². The van der Waals surface area contributed by atoms with Gasteiger partial charge in [-0.15, -0.1) is 0 Å². The molecule has 0 aliphatic carbocycles. The van der Waals surface area contributed by atoms with Crippen molar-refractivity contribution in [3.8, 4) is 78.1 Å². The number of pyridine rings is 2. The molecule has 6 aromatic carbocycles. The van der Waals surface area contributed by atoms with Crippen LogP contribution in [-0.4, -0.2) is 9.97 Å². The molecule has 2 heterocycles. The normalized spacial score (nSPS) is 11.4. The highest BCUT2D eigenvalue weighted by Gasteiger charge is 2.21. The van der Waals surface area contributed by atoms with Crippen LogP contribution in [0.5, 0.6) is 0 Å². The summed E-state index contributed by atoms with van der Waals surface area (Å²) in [5.41, 5.74) is 21.8. The number of aromatic nitrogens is 2. The molecule has 0 unspecified atom stereocenters.